The molecule has 9 nitrogen and oxygen atoms in total. The summed E-state index contributed by atoms with van der Waals surface area (Å²) in [6, 6.07) is 32.2. The molecule has 0 saturated carbocycles. The van der Waals surface area contributed by atoms with Gasteiger partial charge in [-0.05, 0) is 23.8 Å². The number of nitrogens with one attached hydrogen (secondary N) is 2. The highest BCUT2D eigenvalue weighted by Crippen LogP contribution is 2.47. The van der Waals surface area contributed by atoms with Crippen LogP contribution in [0.4, 0.5) is 6.01 Å². The SMILES string of the molecule is O=C1C(Cl)C(c2c(-c3ccccc3)[nH]c3ccccc23)N1c1nnc(-n2c(=O)c3ccccc3c3[nH]c4ccccc4c32)o1. The lowest BCUT2D eigenvalue weighted by Crippen LogP contribution is -2.56. The zero-order chi connectivity index (χ0) is 29.5. The van der Waals surface area contributed by atoms with Crippen molar-refractivity contribution in [2.24, 2.45) is 0 Å². The van der Waals surface area contributed by atoms with Crippen molar-refractivity contribution in [2.75, 3.05) is 4.90 Å². The van der Waals surface area contributed by atoms with E-state index in [2.05, 4.69) is 20.2 Å². The molecule has 1 aliphatic heterocycles. The van der Waals surface area contributed by atoms with Crippen molar-refractivity contribution < 1.29 is 9.21 Å². The van der Waals surface area contributed by atoms with Crippen LogP contribution in [0.3, 0.4) is 0 Å². The number of para-hydroxylation sites is 2. The molecule has 4 aromatic carbocycles. The lowest BCUT2D eigenvalue weighted by Gasteiger charge is -2.41. The molecule has 2 unspecified atom stereocenters. The van der Waals surface area contributed by atoms with Crippen LogP contribution in [0.25, 0.3) is 60.9 Å². The van der Waals surface area contributed by atoms with Crippen LogP contribution >= 0.6 is 11.6 Å². The predicted molar refractivity (Wildman–Crippen MR) is 170 cm³/mol. The summed E-state index contributed by atoms with van der Waals surface area (Å²) in [7, 11) is 0. The van der Waals surface area contributed by atoms with Gasteiger partial charge in [-0.1, -0.05) is 95.1 Å². The maximum absolute atomic E-state index is 14.0. The van der Waals surface area contributed by atoms with Crippen molar-refractivity contribution in [3.8, 4) is 17.3 Å². The number of anilines is 1. The number of pyridine rings is 1. The van der Waals surface area contributed by atoms with Gasteiger partial charge in [-0.25, -0.2) is 4.57 Å². The third kappa shape index (κ3) is 3.35. The molecule has 1 saturated heterocycles. The number of hydrogen-bond donors (Lipinski definition) is 2. The van der Waals surface area contributed by atoms with Gasteiger partial charge in [0, 0.05) is 38.1 Å². The van der Waals surface area contributed by atoms with Crippen molar-refractivity contribution in [2.45, 2.75) is 11.4 Å². The Labute approximate surface area is 253 Å². The van der Waals surface area contributed by atoms with E-state index in [-0.39, 0.29) is 23.5 Å². The molecule has 0 aliphatic carbocycles. The molecule has 212 valence electrons. The summed E-state index contributed by atoms with van der Waals surface area (Å²) in [5.41, 5.74) is 5.52. The second-order valence-corrected chi connectivity index (χ2v) is 11.3. The van der Waals surface area contributed by atoms with Crippen LogP contribution in [0.2, 0.25) is 0 Å². The third-order valence-corrected chi connectivity index (χ3v) is 8.89. The number of carbonyl (C=O) groups is 1. The Morgan fingerprint density at radius 1 is 0.682 bits per heavy atom. The standard InChI is InChI=1S/C34H21ClN6O3/c35-26-30(25-21-14-6-8-16-23(21)36-27(25)18-10-2-1-3-11-18)41(32(26)43)34-39-38-33(44-34)40-29-22-15-7-9-17-24(22)37-28(29)19-12-4-5-13-20(19)31(40)42/h1-17,26,30,36-37H. The maximum atomic E-state index is 14.0. The average molecular weight is 597 g/mol. The lowest BCUT2D eigenvalue weighted by atomic mass is 9.89. The van der Waals surface area contributed by atoms with E-state index >= 15 is 0 Å². The van der Waals surface area contributed by atoms with E-state index in [1.165, 1.54) is 9.47 Å². The Hall–Kier alpha value is -5.67. The highest BCUT2D eigenvalue weighted by Gasteiger charge is 2.52. The smallest absolute Gasteiger partial charge is 0.331 e. The second-order valence-electron chi connectivity index (χ2n) is 10.8. The highest BCUT2D eigenvalue weighted by atomic mass is 35.5. The van der Waals surface area contributed by atoms with Gasteiger partial charge in [0.25, 0.3) is 11.5 Å². The first-order valence-electron chi connectivity index (χ1n) is 14.1. The van der Waals surface area contributed by atoms with E-state index in [4.69, 9.17) is 16.0 Å². The molecule has 0 bridgehead atoms. The molecule has 44 heavy (non-hydrogen) atoms. The predicted octanol–water partition coefficient (Wildman–Crippen LogP) is 6.85. The van der Waals surface area contributed by atoms with E-state index in [9.17, 15) is 9.59 Å². The van der Waals surface area contributed by atoms with E-state index in [1.54, 1.807) is 6.07 Å². The summed E-state index contributed by atoms with van der Waals surface area (Å²) in [5, 5.41) is 10.8. The number of alkyl halides is 1. The maximum Gasteiger partial charge on any atom is 0.331 e. The Kier molecular flexibility index (Phi) is 5.18. The van der Waals surface area contributed by atoms with Crippen LogP contribution in [0, 0.1) is 0 Å². The van der Waals surface area contributed by atoms with Crippen LogP contribution in [0.5, 0.6) is 0 Å². The van der Waals surface area contributed by atoms with Crippen LogP contribution < -0.4 is 10.5 Å². The quantitative estimate of drug-likeness (QED) is 0.170. The van der Waals surface area contributed by atoms with Gasteiger partial charge in [-0.15, -0.1) is 11.6 Å². The van der Waals surface area contributed by atoms with Gasteiger partial charge in [0.2, 0.25) is 0 Å². The Balaban J connectivity index is 1.24. The second kappa shape index (κ2) is 9.16. The minimum atomic E-state index is -0.851. The van der Waals surface area contributed by atoms with Gasteiger partial charge in [0.1, 0.15) is 5.38 Å². The number of aromatic nitrogens is 5. The topological polar surface area (TPSA) is 113 Å². The van der Waals surface area contributed by atoms with Gasteiger partial charge in [-0.3, -0.25) is 14.5 Å². The number of H-pyrrole nitrogens is 2. The third-order valence-electron chi connectivity index (χ3n) is 8.47. The fraction of sp³-hybridized carbons (Fsp3) is 0.0588. The monoisotopic (exact) mass is 596 g/mol. The summed E-state index contributed by atoms with van der Waals surface area (Å²) in [4.78, 5) is 35.7. The fourth-order valence-corrected chi connectivity index (χ4v) is 6.83. The number of benzene rings is 4. The van der Waals surface area contributed by atoms with Crippen molar-refractivity contribution in [1.82, 2.24) is 24.7 Å². The van der Waals surface area contributed by atoms with Crippen molar-refractivity contribution in [1.29, 1.82) is 0 Å². The van der Waals surface area contributed by atoms with Gasteiger partial charge < -0.3 is 14.4 Å². The first-order valence-corrected chi connectivity index (χ1v) is 14.5. The number of hydrogen-bond acceptors (Lipinski definition) is 5. The van der Waals surface area contributed by atoms with Gasteiger partial charge in [0.05, 0.1) is 22.8 Å². The van der Waals surface area contributed by atoms with Gasteiger partial charge >= 0.3 is 12.0 Å². The normalized spacial score (nSPS) is 16.8. The number of amides is 1. The fourth-order valence-electron chi connectivity index (χ4n) is 6.49. The average Bonchev–Trinajstić information content (AvgIpc) is 3.80. The molecular formula is C34H21ClN6O3. The number of halogens is 1. The molecule has 0 spiro atoms. The van der Waals surface area contributed by atoms with E-state index in [0.29, 0.717) is 10.9 Å². The Morgan fingerprint density at radius 2 is 1.30 bits per heavy atom. The molecule has 1 amide bonds. The molecule has 1 aliphatic rings. The largest absolute Gasteiger partial charge is 0.388 e. The molecule has 2 atom stereocenters. The molecule has 9 rings (SSSR count). The van der Waals surface area contributed by atoms with Crippen LogP contribution in [-0.2, 0) is 4.79 Å². The Morgan fingerprint density at radius 3 is 2.07 bits per heavy atom. The number of rotatable bonds is 4. The molecule has 10 heteroatoms. The van der Waals surface area contributed by atoms with Gasteiger partial charge in [-0.2, -0.15) is 0 Å². The molecular weight excluding hydrogens is 576 g/mol. The molecule has 8 aromatic rings. The van der Waals surface area contributed by atoms with Crippen LogP contribution in [-0.4, -0.2) is 36.0 Å². The summed E-state index contributed by atoms with van der Waals surface area (Å²) < 4.78 is 7.62. The zero-order valence-corrected chi connectivity index (χ0v) is 23.6. The Bertz CT molecular complexity index is 2490. The summed E-state index contributed by atoms with van der Waals surface area (Å²) in [6.45, 7) is 0. The first-order chi connectivity index (χ1) is 21.6. The van der Waals surface area contributed by atoms with E-state index < -0.39 is 11.4 Å². The number of carbonyl (C=O) groups excluding carboxylic acids is 1. The summed E-state index contributed by atoms with van der Waals surface area (Å²) in [5.74, 6) is -0.362. The first kappa shape index (κ1) is 24.9. The highest BCUT2D eigenvalue weighted by molar-refractivity contribution is 6.37. The number of aromatic amines is 2. The van der Waals surface area contributed by atoms with Crippen molar-refractivity contribution >= 4 is 67.1 Å². The van der Waals surface area contributed by atoms with Crippen molar-refractivity contribution in [3.63, 3.8) is 0 Å². The molecule has 2 N–H and O–H groups in total. The minimum Gasteiger partial charge on any atom is -0.388 e. The molecule has 0 radical (unpaired) electrons. The van der Waals surface area contributed by atoms with E-state index in [0.717, 1.165) is 49.5 Å². The zero-order valence-electron chi connectivity index (χ0n) is 22.9. The molecule has 1 fully saturated rings. The van der Waals surface area contributed by atoms with Crippen LogP contribution in [0.1, 0.15) is 11.6 Å². The van der Waals surface area contributed by atoms with E-state index in [1.807, 2.05) is 97.1 Å². The number of β-lactam (4-membered cyclic amide) rings is 1. The van der Waals surface area contributed by atoms with Gasteiger partial charge in [0.15, 0.2) is 0 Å². The summed E-state index contributed by atoms with van der Waals surface area (Å²) >= 11 is 6.75. The lowest BCUT2D eigenvalue weighted by molar-refractivity contribution is -0.124. The number of nitrogens with zero attached hydrogens (tertiary/aromatic N) is 4. The molecule has 5 heterocycles. The number of fused-ring (bicyclic) bond motifs is 6. The van der Waals surface area contributed by atoms with Crippen molar-refractivity contribution in [3.05, 3.63) is 119 Å². The minimum absolute atomic E-state index is 0.0377. The van der Waals surface area contributed by atoms with Crippen LogP contribution in [0.15, 0.2) is 112 Å². The summed E-state index contributed by atoms with van der Waals surface area (Å²) in [6.07, 6.45) is 0. The molecule has 4 aromatic heterocycles.